The van der Waals surface area contributed by atoms with Crippen LogP contribution in [0.4, 0.5) is 5.82 Å². The molecule has 0 aliphatic carbocycles. The van der Waals surface area contributed by atoms with E-state index < -0.39 is 11.6 Å². The van der Waals surface area contributed by atoms with Crippen LogP contribution in [0.25, 0.3) is 0 Å². The van der Waals surface area contributed by atoms with Gasteiger partial charge < -0.3 is 19.5 Å². The maximum absolute atomic E-state index is 11.6. The number of ether oxygens (including phenoxy) is 2. The third kappa shape index (κ3) is 3.71. The van der Waals surface area contributed by atoms with Crippen LogP contribution >= 0.6 is 0 Å². The zero-order chi connectivity index (χ0) is 15.5. The van der Waals surface area contributed by atoms with Gasteiger partial charge in [-0.25, -0.2) is 9.78 Å². The molecule has 6 nitrogen and oxygen atoms in total. The minimum Gasteiger partial charge on any atom is -0.465 e. The molecule has 1 fully saturated rings. The van der Waals surface area contributed by atoms with E-state index in [4.69, 9.17) is 9.47 Å². The van der Waals surface area contributed by atoms with Crippen molar-refractivity contribution in [2.45, 2.75) is 25.4 Å². The highest BCUT2D eigenvalue weighted by Crippen LogP contribution is 2.24. The van der Waals surface area contributed by atoms with Crippen LogP contribution in [0.15, 0.2) is 12.1 Å². The summed E-state index contributed by atoms with van der Waals surface area (Å²) < 4.78 is 9.99. The van der Waals surface area contributed by atoms with E-state index in [2.05, 4.69) is 4.98 Å². The van der Waals surface area contributed by atoms with Crippen LogP contribution in [0.2, 0.25) is 0 Å². The van der Waals surface area contributed by atoms with Gasteiger partial charge in [-0.2, -0.15) is 0 Å². The van der Waals surface area contributed by atoms with Crippen LogP contribution in [0, 0.1) is 6.92 Å². The zero-order valence-electron chi connectivity index (χ0n) is 12.8. The van der Waals surface area contributed by atoms with Crippen molar-refractivity contribution in [2.24, 2.45) is 0 Å². The zero-order valence-corrected chi connectivity index (χ0v) is 12.8. The van der Waals surface area contributed by atoms with Gasteiger partial charge >= 0.3 is 5.97 Å². The molecule has 1 N–H and O–H groups in total. The van der Waals surface area contributed by atoms with Crippen molar-refractivity contribution >= 4 is 11.8 Å². The number of anilines is 1. The SMILES string of the molecule is COC(=O)c1ccc(N(C)CC2(O)CCOCC2)nc1C. The van der Waals surface area contributed by atoms with Crippen molar-refractivity contribution in [3.05, 3.63) is 23.4 Å². The van der Waals surface area contributed by atoms with Crippen LogP contribution in [-0.2, 0) is 9.47 Å². The Morgan fingerprint density at radius 3 is 2.71 bits per heavy atom. The summed E-state index contributed by atoms with van der Waals surface area (Å²) in [4.78, 5) is 17.9. The maximum Gasteiger partial charge on any atom is 0.339 e. The third-order valence-corrected chi connectivity index (χ3v) is 3.82. The number of aromatic nitrogens is 1. The lowest BCUT2D eigenvalue weighted by Gasteiger charge is -2.35. The van der Waals surface area contributed by atoms with Crippen molar-refractivity contribution in [3.8, 4) is 0 Å². The smallest absolute Gasteiger partial charge is 0.339 e. The number of nitrogens with zero attached hydrogens (tertiary/aromatic N) is 2. The molecule has 0 aromatic carbocycles. The first-order valence-electron chi connectivity index (χ1n) is 7.02. The molecule has 0 bridgehead atoms. The minimum atomic E-state index is -0.746. The van der Waals surface area contributed by atoms with Crippen molar-refractivity contribution in [2.75, 3.05) is 38.8 Å². The van der Waals surface area contributed by atoms with Crippen molar-refractivity contribution in [1.29, 1.82) is 0 Å². The Labute approximate surface area is 124 Å². The van der Waals surface area contributed by atoms with Crippen molar-refractivity contribution < 1.29 is 19.4 Å². The van der Waals surface area contributed by atoms with Gasteiger partial charge in [0.05, 0.1) is 24.0 Å². The summed E-state index contributed by atoms with van der Waals surface area (Å²) in [6.45, 7) is 3.42. The van der Waals surface area contributed by atoms with Crippen LogP contribution < -0.4 is 4.90 Å². The number of aryl methyl sites for hydroxylation is 1. The van der Waals surface area contributed by atoms with Crippen LogP contribution in [0.5, 0.6) is 0 Å². The number of hydrogen-bond acceptors (Lipinski definition) is 6. The summed E-state index contributed by atoms with van der Waals surface area (Å²) >= 11 is 0. The molecule has 2 rings (SSSR count). The average Bonchev–Trinajstić information content (AvgIpc) is 2.46. The molecule has 1 aromatic rings. The van der Waals surface area contributed by atoms with E-state index in [1.807, 2.05) is 11.9 Å². The summed E-state index contributed by atoms with van der Waals surface area (Å²) in [7, 11) is 3.23. The molecular formula is C15H22N2O4. The fourth-order valence-electron chi connectivity index (χ4n) is 2.52. The van der Waals surface area contributed by atoms with Crippen LogP contribution in [0.3, 0.4) is 0 Å². The van der Waals surface area contributed by atoms with Crippen molar-refractivity contribution in [1.82, 2.24) is 4.98 Å². The van der Waals surface area contributed by atoms with E-state index in [-0.39, 0.29) is 0 Å². The van der Waals surface area contributed by atoms with Crippen molar-refractivity contribution in [3.63, 3.8) is 0 Å². The summed E-state index contributed by atoms with van der Waals surface area (Å²) in [5.74, 6) is 0.331. The van der Waals surface area contributed by atoms with Gasteiger partial charge in [0.25, 0.3) is 0 Å². The average molecular weight is 294 g/mol. The van der Waals surface area contributed by atoms with Gasteiger partial charge in [0, 0.05) is 39.6 Å². The first-order chi connectivity index (χ1) is 9.95. The first-order valence-corrected chi connectivity index (χ1v) is 7.02. The van der Waals surface area contributed by atoms with E-state index in [1.54, 1.807) is 19.1 Å². The lowest BCUT2D eigenvalue weighted by molar-refractivity contribution is -0.0573. The highest BCUT2D eigenvalue weighted by molar-refractivity contribution is 5.90. The number of pyridine rings is 1. The van der Waals surface area contributed by atoms with Gasteiger partial charge in [0.1, 0.15) is 5.82 Å². The molecule has 1 saturated heterocycles. The molecule has 1 aromatic heterocycles. The monoisotopic (exact) mass is 294 g/mol. The second-order valence-electron chi connectivity index (χ2n) is 5.49. The Morgan fingerprint density at radius 2 is 2.14 bits per heavy atom. The Bertz CT molecular complexity index is 512. The van der Waals surface area contributed by atoms with Gasteiger partial charge in [-0.15, -0.1) is 0 Å². The number of aliphatic hydroxyl groups is 1. The normalized spacial score (nSPS) is 17.3. The summed E-state index contributed by atoms with van der Waals surface area (Å²) in [5.41, 5.74) is 0.327. The van der Waals surface area contributed by atoms with Gasteiger partial charge in [0.15, 0.2) is 0 Å². The van der Waals surface area contributed by atoms with E-state index in [0.717, 1.165) is 5.82 Å². The summed E-state index contributed by atoms with van der Waals surface area (Å²) in [5, 5.41) is 10.5. The molecule has 0 unspecified atom stereocenters. The Morgan fingerprint density at radius 1 is 1.48 bits per heavy atom. The fraction of sp³-hybridized carbons (Fsp3) is 0.600. The third-order valence-electron chi connectivity index (χ3n) is 3.82. The predicted molar refractivity (Wildman–Crippen MR) is 78.6 cm³/mol. The lowest BCUT2D eigenvalue weighted by Crippen LogP contribution is -2.46. The Kier molecular flexibility index (Phi) is 4.80. The fourth-order valence-corrected chi connectivity index (χ4v) is 2.52. The summed E-state index contributed by atoms with van der Waals surface area (Å²) in [6.07, 6.45) is 1.24. The second kappa shape index (κ2) is 6.41. The number of carbonyl (C=O) groups excluding carboxylic acids is 1. The predicted octanol–water partition coefficient (Wildman–Crippen LogP) is 1.15. The number of methoxy groups -OCH3 is 1. The minimum absolute atomic E-state index is 0.391. The van der Waals surface area contributed by atoms with Gasteiger partial charge in [-0.05, 0) is 19.1 Å². The van der Waals surface area contributed by atoms with Crippen LogP contribution in [0.1, 0.15) is 28.9 Å². The molecule has 0 atom stereocenters. The second-order valence-corrected chi connectivity index (χ2v) is 5.49. The highest BCUT2D eigenvalue weighted by atomic mass is 16.5. The lowest BCUT2D eigenvalue weighted by atomic mass is 9.94. The molecule has 0 amide bonds. The van der Waals surface area contributed by atoms with E-state index in [9.17, 15) is 9.90 Å². The first kappa shape index (κ1) is 15.7. The van der Waals surface area contributed by atoms with E-state index >= 15 is 0 Å². The highest BCUT2D eigenvalue weighted by Gasteiger charge is 2.31. The molecule has 0 spiro atoms. The molecule has 0 saturated carbocycles. The molecule has 1 aliphatic heterocycles. The Hall–Kier alpha value is -1.66. The quantitative estimate of drug-likeness (QED) is 0.840. The largest absolute Gasteiger partial charge is 0.465 e. The van der Waals surface area contributed by atoms with E-state index in [0.29, 0.717) is 43.9 Å². The van der Waals surface area contributed by atoms with E-state index in [1.165, 1.54) is 7.11 Å². The number of esters is 1. The molecule has 0 radical (unpaired) electrons. The molecule has 6 heteroatoms. The number of likely N-dealkylation sites (N-methyl/N-ethyl adjacent to an activating group) is 1. The molecule has 21 heavy (non-hydrogen) atoms. The van der Waals surface area contributed by atoms with Gasteiger partial charge in [-0.3, -0.25) is 0 Å². The molecule has 2 heterocycles. The number of hydrogen-bond donors (Lipinski definition) is 1. The van der Waals surface area contributed by atoms with Crippen LogP contribution in [-0.4, -0.2) is 55.6 Å². The summed E-state index contributed by atoms with van der Waals surface area (Å²) in [6, 6.07) is 3.47. The standard InChI is InChI=1S/C15H22N2O4/c1-11-12(14(18)20-3)4-5-13(16-11)17(2)10-15(19)6-8-21-9-7-15/h4-5,19H,6-10H2,1-3H3. The number of rotatable bonds is 4. The molecule has 116 valence electrons. The molecular weight excluding hydrogens is 272 g/mol. The Balaban J connectivity index is 2.10. The van der Waals surface area contributed by atoms with Gasteiger partial charge in [0.2, 0.25) is 0 Å². The maximum atomic E-state index is 11.6. The van der Waals surface area contributed by atoms with Gasteiger partial charge in [-0.1, -0.05) is 0 Å². The number of carbonyl (C=O) groups is 1. The molecule has 1 aliphatic rings. The topological polar surface area (TPSA) is 71.9 Å².